The molecule has 4 aromatic rings. The van der Waals surface area contributed by atoms with Crippen molar-refractivity contribution in [3.8, 4) is 11.8 Å². The van der Waals surface area contributed by atoms with Gasteiger partial charge in [0.25, 0.3) is 5.89 Å². The van der Waals surface area contributed by atoms with E-state index in [1.54, 1.807) is 31.2 Å². The fourth-order valence-electron chi connectivity index (χ4n) is 3.16. The molecule has 0 bridgehead atoms. The van der Waals surface area contributed by atoms with Crippen molar-refractivity contribution in [1.82, 2.24) is 14.3 Å². The van der Waals surface area contributed by atoms with Gasteiger partial charge in [-0.05, 0) is 43.3 Å². The minimum atomic E-state index is -1.09. The zero-order valence-electron chi connectivity index (χ0n) is 17.5. The van der Waals surface area contributed by atoms with Crippen molar-refractivity contribution in [2.45, 2.75) is 31.8 Å². The van der Waals surface area contributed by atoms with Crippen molar-refractivity contribution in [3.05, 3.63) is 57.2 Å². The lowest BCUT2D eigenvalue weighted by Crippen LogP contribution is -2.19. The van der Waals surface area contributed by atoms with E-state index in [2.05, 4.69) is 31.5 Å². The highest BCUT2D eigenvalue weighted by Gasteiger charge is 2.56. The quantitative estimate of drug-likeness (QED) is 0.380. The number of anilines is 1. The van der Waals surface area contributed by atoms with Crippen LogP contribution in [0.5, 0.6) is 0 Å². The van der Waals surface area contributed by atoms with E-state index in [1.807, 2.05) is 0 Å². The molecule has 10 nitrogen and oxygen atoms in total. The van der Waals surface area contributed by atoms with E-state index in [-0.39, 0.29) is 29.8 Å². The lowest BCUT2D eigenvalue weighted by molar-refractivity contribution is -0.140. The number of hydrogen-bond acceptors (Lipinski definition) is 9. The number of ether oxygens (including phenoxy) is 1. The van der Waals surface area contributed by atoms with Crippen LogP contribution in [0.25, 0.3) is 11.4 Å². The summed E-state index contributed by atoms with van der Waals surface area (Å²) in [6.45, 7) is 1.79. The summed E-state index contributed by atoms with van der Waals surface area (Å²) in [6, 6.07) is 7.07. The molecule has 3 heterocycles. The third-order valence-electron chi connectivity index (χ3n) is 5.24. The predicted molar refractivity (Wildman–Crippen MR) is 121 cm³/mol. The minimum absolute atomic E-state index is 0.00258. The van der Waals surface area contributed by atoms with Gasteiger partial charge in [-0.15, -0.1) is 0 Å². The van der Waals surface area contributed by atoms with Gasteiger partial charge >= 0.3 is 17.8 Å². The number of halogens is 1. The molecule has 1 saturated carbocycles. The first-order chi connectivity index (χ1) is 16.4. The standard InChI is InChI=1S/C22H15ClN4O6S/c1-11-16(25-21(30)31-10-12-4-2-3-5-13(12)23)14(27-34-11)6-7-15-24-17-18(32-15)33-19(26-17)22(8-9-22)20(28)29/h2-5H,8-10H2,1H3,(H,25,30)(H,28,29). The van der Waals surface area contributed by atoms with Crippen LogP contribution in [0.4, 0.5) is 10.5 Å². The summed E-state index contributed by atoms with van der Waals surface area (Å²) >= 11 is 7.24. The normalized spacial score (nSPS) is 13.8. The van der Waals surface area contributed by atoms with Gasteiger partial charge in [-0.2, -0.15) is 14.3 Å². The van der Waals surface area contributed by atoms with Crippen LogP contribution in [-0.4, -0.2) is 31.5 Å². The maximum Gasteiger partial charge on any atom is 0.412 e. The molecule has 1 aromatic carbocycles. The highest BCUT2D eigenvalue weighted by Crippen LogP contribution is 2.48. The van der Waals surface area contributed by atoms with Gasteiger partial charge in [-0.1, -0.05) is 29.8 Å². The van der Waals surface area contributed by atoms with Gasteiger partial charge in [0.05, 0.1) is 5.69 Å². The molecule has 0 saturated heterocycles. The SMILES string of the molecule is Cc1snc(C#Cc2nc3nc(C4(C(=O)O)CC4)oc3o2)c1NC(=O)OCc1ccccc1Cl. The Morgan fingerprint density at radius 2 is 2.06 bits per heavy atom. The molecule has 1 fully saturated rings. The van der Waals surface area contributed by atoms with Crippen molar-refractivity contribution >= 4 is 52.3 Å². The second-order valence-corrected chi connectivity index (χ2v) is 8.93. The third-order valence-corrected chi connectivity index (χ3v) is 6.36. The van der Waals surface area contributed by atoms with Gasteiger partial charge in [0.15, 0.2) is 5.69 Å². The zero-order chi connectivity index (χ0) is 23.9. The first-order valence-corrected chi connectivity index (χ1v) is 11.2. The fraction of sp³-hybridized carbons (Fsp3) is 0.227. The first-order valence-electron chi connectivity index (χ1n) is 10.0. The van der Waals surface area contributed by atoms with Gasteiger partial charge < -0.3 is 18.7 Å². The molecule has 0 radical (unpaired) electrons. The van der Waals surface area contributed by atoms with E-state index in [9.17, 15) is 14.7 Å². The van der Waals surface area contributed by atoms with Gasteiger partial charge in [-0.25, -0.2) is 4.79 Å². The molecule has 172 valence electrons. The van der Waals surface area contributed by atoms with E-state index in [1.165, 1.54) is 0 Å². The van der Waals surface area contributed by atoms with Crippen LogP contribution in [-0.2, 0) is 21.6 Å². The Morgan fingerprint density at radius 3 is 2.76 bits per heavy atom. The van der Waals surface area contributed by atoms with Gasteiger partial charge in [-0.3, -0.25) is 10.1 Å². The molecule has 12 heteroatoms. The second kappa shape index (κ2) is 8.48. The van der Waals surface area contributed by atoms with Crippen molar-refractivity contribution < 1.29 is 28.3 Å². The van der Waals surface area contributed by atoms with Crippen molar-refractivity contribution in [1.29, 1.82) is 0 Å². The maximum atomic E-state index is 12.3. The average Bonchev–Trinajstić information content (AvgIpc) is 3.25. The largest absolute Gasteiger partial charge is 0.480 e. The molecule has 0 atom stereocenters. The monoisotopic (exact) mass is 498 g/mol. The number of amides is 1. The summed E-state index contributed by atoms with van der Waals surface area (Å²) in [6.07, 6.45) is 0.236. The number of nitrogens with zero attached hydrogens (tertiary/aromatic N) is 3. The van der Waals surface area contributed by atoms with Crippen molar-refractivity contribution in [3.63, 3.8) is 0 Å². The van der Waals surface area contributed by atoms with E-state index < -0.39 is 17.5 Å². The van der Waals surface area contributed by atoms with Crippen LogP contribution in [0, 0.1) is 18.8 Å². The fourth-order valence-corrected chi connectivity index (χ4v) is 3.95. The number of rotatable bonds is 5. The number of benzene rings is 1. The number of oxazole rings is 2. The highest BCUT2D eigenvalue weighted by atomic mass is 35.5. The maximum absolute atomic E-state index is 12.3. The van der Waals surface area contributed by atoms with Gasteiger partial charge in [0.1, 0.15) is 12.0 Å². The molecule has 0 unspecified atom stereocenters. The minimum Gasteiger partial charge on any atom is -0.480 e. The number of carbonyl (C=O) groups is 2. The molecular weight excluding hydrogens is 484 g/mol. The Bertz CT molecular complexity index is 1460. The Balaban J connectivity index is 1.29. The Morgan fingerprint density at radius 1 is 1.26 bits per heavy atom. The Labute approximate surface area is 201 Å². The van der Waals surface area contributed by atoms with Crippen LogP contribution in [0.2, 0.25) is 5.02 Å². The number of aryl methyl sites for hydroxylation is 1. The number of aromatic nitrogens is 3. The molecule has 34 heavy (non-hydrogen) atoms. The number of carbonyl (C=O) groups excluding carboxylic acids is 1. The summed E-state index contributed by atoms with van der Waals surface area (Å²) in [5, 5.41) is 12.5. The summed E-state index contributed by atoms with van der Waals surface area (Å²) < 4.78 is 20.4. The molecular formula is C22H15ClN4O6S. The molecule has 0 aliphatic heterocycles. The van der Waals surface area contributed by atoms with E-state index >= 15 is 0 Å². The molecule has 1 amide bonds. The number of nitrogens with one attached hydrogen (secondary N) is 1. The van der Waals surface area contributed by atoms with Crippen LogP contribution >= 0.6 is 23.1 Å². The van der Waals surface area contributed by atoms with E-state index in [0.29, 0.717) is 34.8 Å². The molecule has 5 rings (SSSR count). The smallest absolute Gasteiger partial charge is 0.412 e. The first kappa shape index (κ1) is 21.9. The number of fused-ring (bicyclic) bond motifs is 1. The Kier molecular flexibility index (Phi) is 5.47. The summed E-state index contributed by atoms with van der Waals surface area (Å²) in [4.78, 5) is 32.7. The molecule has 1 aliphatic carbocycles. The highest BCUT2D eigenvalue weighted by molar-refractivity contribution is 7.06. The lowest BCUT2D eigenvalue weighted by Gasteiger charge is -2.08. The van der Waals surface area contributed by atoms with Gasteiger partial charge in [0.2, 0.25) is 11.5 Å². The number of aliphatic carboxylic acids is 1. The molecule has 0 spiro atoms. The number of hydrogen-bond donors (Lipinski definition) is 2. The van der Waals surface area contributed by atoms with Crippen LogP contribution < -0.4 is 5.32 Å². The Hall–Kier alpha value is -3.88. The van der Waals surface area contributed by atoms with Crippen LogP contribution in [0.1, 0.15) is 40.8 Å². The third kappa shape index (κ3) is 4.09. The average molecular weight is 499 g/mol. The van der Waals surface area contributed by atoms with Gasteiger partial charge in [0, 0.05) is 21.4 Å². The van der Waals surface area contributed by atoms with Crippen molar-refractivity contribution in [2.75, 3.05) is 5.32 Å². The van der Waals surface area contributed by atoms with E-state index in [0.717, 1.165) is 16.4 Å². The molecule has 1 aliphatic rings. The summed E-state index contributed by atoms with van der Waals surface area (Å²) in [5.41, 5.74) is 0.454. The van der Waals surface area contributed by atoms with Crippen molar-refractivity contribution in [2.24, 2.45) is 0 Å². The lowest BCUT2D eigenvalue weighted by atomic mass is 10.1. The number of carboxylic acid groups (broad SMARTS) is 1. The van der Waals surface area contributed by atoms with Crippen LogP contribution in [0.3, 0.4) is 0 Å². The topological polar surface area (TPSA) is 141 Å². The predicted octanol–water partition coefficient (Wildman–Crippen LogP) is 4.50. The summed E-state index contributed by atoms with van der Waals surface area (Å²) in [5.74, 6) is 4.64. The summed E-state index contributed by atoms with van der Waals surface area (Å²) in [7, 11) is 0. The zero-order valence-corrected chi connectivity index (χ0v) is 19.1. The van der Waals surface area contributed by atoms with E-state index in [4.69, 9.17) is 25.2 Å². The molecule has 2 N–H and O–H groups in total. The van der Waals surface area contributed by atoms with Crippen LogP contribution in [0.15, 0.2) is 33.1 Å². The number of carboxylic acids is 1. The second-order valence-electron chi connectivity index (χ2n) is 7.54. The molecule has 3 aromatic heterocycles.